The number of carbonyl (C=O) groups excluding carboxylic acids is 3. The van der Waals surface area contributed by atoms with Gasteiger partial charge < -0.3 is 5.32 Å². The third-order valence-corrected chi connectivity index (χ3v) is 4.52. The number of halogens is 1. The molecule has 3 amide bonds. The van der Waals surface area contributed by atoms with Gasteiger partial charge in [-0.15, -0.1) is 0 Å². The molecule has 3 N–H and O–H groups in total. The van der Waals surface area contributed by atoms with E-state index in [4.69, 9.17) is 11.6 Å². The summed E-state index contributed by atoms with van der Waals surface area (Å²) in [6.45, 7) is 3.89. The highest BCUT2D eigenvalue weighted by Gasteiger charge is 2.10. The first-order valence-corrected chi connectivity index (χ1v) is 9.41. The number of rotatable bonds is 7. The zero-order chi connectivity index (χ0) is 20.5. The van der Waals surface area contributed by atoms with Crippen LogP contribution < -0.4 is 16.2 Å². The Morgan fingerprint density at radius 2 is 1.50 bits per heavy atom. The molecule has 7 heteroatoms. The van der Waals surface area contributed by atoms with Gasteiger partial charge in [0.05, 0.1) is 0 Å². The monoisotopic (exact) mass is 401 g/mol. The van der Waals surface area contributed by atoms with Gasteiger partial charge in [-0.2, -0.15) is 0 Å². The van der Waals surface area contributed by atoms with Crippen LogP contribution in [0.15, 0.2) is 42.5 Å². The van der Waals surface area contributed by atoms with Crippen molar-refractivity contribution in [3.8, 4) is 0 Å². The molecular weight excluding hydrogens is 378 g/mol. The molecule has 0 aromatic heterocycles. The van der Waals surface area contributed by atoms with Crippen LogP contribution in [0.5, 0.6) is 0 Å². The number of hydrogen-bond acceptors (Lipinski definition) is 3. The lowest BCUT2D eigenvalue weighted by Gasteiger charge is -2.10. The Bertz CT molecular complexity index is 868. The molecule has 6 nitrogen and oxygen atoms in total. The van der Waals surface area contributed by atoms with E-state index < -0.39 is 5.91 Å². The SMILES string of the molecule is Cc1ccc(NC(=O)CCC(=O)NNC(=O)CCc2ccccc2Cl)c(C)c1. The number of carbonyl (C=O) groups is 3. The van der Waals surface area contributed by atoms with Gasteiger partial charge in [-0.05, 0) is 43.5 Å². The predicted octanol–water partition coefficient (Wildman–Crippen LogP) is 3.46. The van der Waals surface area contributed by atoms with Gasteiger partial charge in [-0.25, -0.2) is 0 Å². The molecule has 0 bridgehead atoms. The van der Waals surface area contributed by atoms with E-state index in [0.29, 0.717) is 11.4 Å². The van der Waals surface area contributed by atoms with Crippen LogP contribution in [0.3, 0.4) is 0 Å². The van der Waals surface area contributed by atoms with Crippen LogP contribution in [0.2, 0.25) is 5.02 Å². The van der Waals surface area contributed by atoms with Crippen molar-refractivity contribution in [2.45, 2.75) is 39.5 Å². The molecule has 0 heterocycles. The first-order valence-electron chi connectivity index (χ1n) is 9.03. The van der Waals surface area contributed by atoms with Crippen molar-refractivity contribution < 1.29 is 14.4 Å². The number of anilines is 1. The highest BCUT2D eigenvalue weighted by molar-refractivity contribution is 6.31. The first kappa shape index (κ1) is 21.4. The normalized spacial score (nSPS) is 10.2. The number of hydrazine groups is 1. The standard InChI is InChI=1S/C21H24ClN3O3/c1-14-7-9-18(15(2)13-14)23-19(26)11-12-21(28)25-24-20(27)10-8-16-5-3-4-6-17(16)22/h3-7,9,13H,8,10-12H2,1-2H3,(H,23,26)(H,24,27)(H,25,28). The Balaban J connectivity index is 1.67. The van der Waals surface area contributed by atoms with E-state index in [-0.39, 0.29) is 31.1 Å². The number of nitrogens with one attached hydrogen (secondary N) is 3. The zero-order valence-corrected chi connectivity index (χ0v) is 16.7. The second kappa shape index (κ2) is 10.5. The van der Waals surface area contributed by atoms with Crippen molar-refractivity contribution in [2.24, 2.45) is 0 Å². The largest absolute Gasteiger partial charge is 0.326 e. The minimum Gasteiger partial charge on any atom is -0.326 e. The van der Waals surface area contributed by atoms with E-state index in [1.807, 2.05) is 50.2 Å². The third-order valence-electron chi connectivity index (χ3n) is 4.16. The van der Waals surface area contributed by atoms with E-state index in [0.717, 1.165) is 22.4 Å². The van der Waals surface area contributed by atoms with Gasteiger partial charge in [-0.1, -0.05) is 47.5 Å². The van der Waals surface area contributed by atoms with Crippen LogP contribution >= 0.6 is 11.6 Å². The second-order valence-corrected chi connectivity index (χ2v) is 6.96. The Hall–Kier alpha value is -2.86. The molecule has 2 rings (SSSR count). The van der Waals surface area contributed by atoms with Crippen LogP contribution in [0, 0.1) is 13.8 Å². The molecular formula is C21H24ClN3O3. The number of amides is 3. The zero-order valence-electron chi connectivity index (χ0n) is 16.0. The lowest BCUT2D eigenvalue weighted by Crippen LogP contribution is -2.41. The second-order valence-electron chi connectivity index (χ2n) is 6.55. The summed E-state index contributed by atoms with van der Waals surface area (Å²) in [5, 5.41) is 3.39. The molecule has 28 heavy (non-hydrogen) atoms. The topological polar surface area (TPSA) is 87.3 Å². The quantitative estimate of drug-likeness (QED) is 0.621. The van der Waals surface area contributed by atoms with Crippen molar-refractivity contribution in [3.05, 3.63) is 64.2 Å². The van der Waals surface area contributed by atoms with Gasteiger partial charge >= 0.3 is 0 Å². The van der Waals surface area contributed by atoms with Gasteiger partial charge in [-0.3, -0.25) is 25.2 Å². The molecule has 0 atom stereocenters. The van der Waals surface area contributed by atoms with Crippen molar-refractivity contribution in [1.82, 2.24) is 10.9 Å². The fraction of sp³-hybridized carbons (Fsp3) is 0.286. The van der Waals surface area contributed by atoms with E-state index in [2.05, 4.69) is 16.2 Å². The van der Waals surface area contributed by atoms with Crippen LogP contribution in [-0.4, -0.2) is 17.7 Å². The van der Waals surface area contributed by atoms with Crippen molar-refractivity contribution in [2.75, 3.05) is 5.32 Å². The molecule has 0 saturated carbocycles. The van der Waals surface area contributed by atoms with Crippen LogP contribution in [0.4, 0.5) is 5.69 Å². The van der Waals surface area contributed by atoms with Crippen LogP contribution in [0.25, 0.3) is 0 Å². The fourth-order valence-electron chi connectivity index (χ4n) is 2.61. The van der Waals surface area contributed by atoms with Gasteiger partial charge in [0.25, 0.3) is 0 Å². The minimum absolute atomic E-state index is 0.0225. The molecule has 0 spiro atoms. The number of aryl methyl sites for hydroxylation is 3. The molecule has 0 saturated heterocycles. The maximum atomic E-state index is 12.0. The Morgan fingerprint density at radius 3 is 2.18 bits per heavy atom. The maximum absolute atomic E-state index is 12.0. The van der Waals surface area contributed by atoms with Gasteiger partial charge in [0, 0.05) is 30.0 Å². The summed E-state index contributed by atoms with van der Waals surface area (Å²) in [5.74, 6) is -1.01. The van der Waals surface area contributed by atoms with Gasteiger partial charge in [0.2, 0.25) is 17.7 Å². The number of hydrogen-bond donors (Lipinski definition) is 3. The Labute approximate surface area is 169 Å². The van der Waals surface area contributed by atoms with E-state index >= 15 is 0 Å². The van der Waals surface area contributed by atoms with E-state index in [1.54, 1.807) is 6.07 Å². The Morgan fingerprint density at radius 1 is 0.857 bits per heavy atom. The van der Waals surface area contributed by atoms with Crippen LogP contribution in [0.1, 0.15) is 36.0 Å². The predicted molar refractivity (Wildman–Crippen MR) is 110 cm³/mol. The summed E-state index contributed by atoms with van der Waals surface area (Å²) < 4.78 is 0. The first-order chi connectivity index (χ1) is 13.3. The smallest absolute Gasteiger partial charge is 0.238 e. The molecule has 0 fully saturated rings. The highest BCUT2D eigenvalue weighted by Crippen LogP contribution is 2.17. The summed E-state index contributed by atoms with van der Waals surface area (Å²) in [6, 6.07) is 13.0. The molecule has 148 valence electrons. The molecule has 0 unspecified atom stereocenters. The van der Waals surface area contributed by atoms with Crippen molar-refractivity contribution in [3.63, 3.8) is 0 Å². The molecule has 0 aliphatic rings. The summed E-state index contributed by atoms with van der Waals surface area (Å²) in [4.78, 5) is 35.6. The molecule has 0 aliphatic carbocycles. The Kier molecular flexibility index (Phi) is 8.02. The number of benzene rings is 2. The highest BCUT2D eigenvalue weighted by atomic mass is 35.5. The molecule has 0 aliphatic heterocycles. The van der Waals surface area contributed by atoms with Crippen molar-refractivity contribution >= 4 is 35.0 Å². The molecule has 0 radical (unpaired) electrons. The average molecular weight is 402 g/mol. The summed E-state index contributed by atoms with van der Waals surface area (Å²) in [5.41, 5.74) is 8.34. The maximum Gasteiger partial charge on any atom is 0.238 e. The fourth-order valence-corrected chi connectivity index (χ4v) is 2.84. The summed E-state index contributed by atoms with van der Waals surface area (Å²) in [6.07, 6.45) is 0.660. The third kappa shape index (κ3) is 7.04. The summed E-state index contributed by atoms with van der Waals surface area (Å²) in [7, 11) is 0. The van der Waals surface area contributed by atoms with Crippen LogP contribution in [-0.2, 0) is 20.8 Å². The lowest BCUT2D eigenvalue weighted by molar-refractivity contribution is -0.129. The molecule has 2 aromatic carbocycles. The van der Waals surface area contributed by atoms with Gasteiger partial charge in [0.1, 0.15) is 0 Å². The van der Waals surface area contributed by atoms with Gasteiger partial charge in [0.15, 0.2) is 0 Å². The lowest BCUT2D eigenvalue weighted by atomic mass is 10.1. The van der Waals surface area contributed by atoms with E-state index in [1.165, 1.54) is 0 Å². The average Bonchev–Trinajstić information content (AvgIpc) is 2.66. The van der Waals surface area contributed by atoms with E-state index in [9.17, 15) is 14.4 Å². The summed E-state index contributed by atoms with van der Waals surface area (Å²) >= 11 is 6.04. The minimum atomic E-state index is -0.429. The van der Waals surface area contributed by atoms with Crippen molar-refractivity contribution in [1.29, 1.82) is 0 Å². The molecule has 2 aromatic rings.